The third-order valence-electron chi connectivity index (χ3n) is 3.13. The van der Waals surface area contributed by atoms with Crippen molar-refractivity contribution in [3.05, 3.63) is 0 Å². The molecule has 0 saturated carbocycles. The number of hydrogen-bond acceptors (Lipinski definition) is 2. The highest BCUT2D eigenvalue weighted by molar-refractivity contribution is 9.09. The lowest BCUT2D eigenvalue weighted by Gasteiger charge is -2.34. The van der Waals surface area contributed by atoms with Crippen LogP contribution in [0.4, 0.5) is 0 Å². The summed E-state index contributed by atoms with van der Waals surface area (Å²) < 4.78 is 26.0. The number of alkyl halides is 1. The zero-order valence-corrected chi connectivity index (χ0v) is 12.4. The standard InChI is InChI=1S/C11H22BrNO2S/c1-2-3-10-16(14,15)13-9-5-4-6-11(13)7-8-12/h11H,2-10H2,1H3. The number of hydrogen-bond donors (Lipinski definition) is 0. The summed E-state index contributed by atoms with van der Waals surface area (Å²) in [6, 6.07) is 0.231. The van der Waals surface area contributed by atoms with Crippen molar-refractivity contribution >= 4 is 26.0 Å². The first kappa shape index (κ1) is 14.5. The minimum absolute atomic E-state index is 0.231. The molecule has 0 radical (unpaired) electrons. The Morgan fingerprint density at radius 1 is 1.38 bits per heavy atom. The molecule has 0 amide bonds. The molecule has 96 valence electrons. The van der Waals surface area contributed by atoms with Gasteiger partial charge in [-0.2, -0.15) is 4.31 Å². The Balaban J connectivity index is 2.66. The summed E-state index contributed by atoms with van der Waals surface area (Å²) in [6.45, 7) is 2.76. The average molecular weight is 312 g/mol. The Kier molecular flexibility index (Phi) is 6.29. The van der Waals surface area contributed by atoms with Gasteiger partial charge in [0.05, 0.1) is 5.75 Å². The van der Waals surface area contributed by atoms with Crippen molar-refractivity contribution in [2.45, 2.75) is 51.5 Å². The van der Waals surface area contributed by atoms with E-state index in [-0.39, 0.29) is 6.04 Å². The second-order valence-corrected chi connectivity index (χ2v) is 7.24. The Labute approximate surface area is 108 Å². The third kappa shape index (κ3) is 4.00. The van der Waals surface area contributed by atoms with E-state index in [1.807, 2.05) is 6.92 Å². The van der Waals surface area contributed by atoms with Crippen LogP contribution in [0.2, 0.25) is 0 Å². The minimum atomic E-state index is -3.00. The van der Waals surface area contributed by atoms with Gasteiger partial charge in [0.25, 0.3) is 0 Å². The molecule has 16 heavy (non-hydrogen) atoms. The smallest absolute Gasteiger partial charge is 0.212 e. The summed E-state index contributed by atoms with van der Waals surface area (Å²) >= 11 is 3.41. The van der Waals surface area contributed by atoms with E-state index < -0.39 is 10.0 Å². The van der Waals surface area contributed by atoms with Crippen molar-refractivity contribution in [2.75, 3.05) is 17.6 Å². The van der Waals surface area contributed by atoms with Gasteiger partial charge in [0.1, 0.15) is 0 Å². The van der Waals surface area contributed by atoms with Crippen molar-refractivity contribution in [3.8, 4) is 0 Å². The van der Waals surface area contributed by atoms with Gasteiger partial charge >= 0.3 is 0 Å². The van der Waals surface area contributed by atoms with Crippen LogP contribution in [0.15, 0.2) is 0 Å². The zero-order chi connectivity index (χ0) is 12.0. The maximum absolute atomic E-state index is 12.1. The Bertz CT molecular complexity index is 290. The molecule has 0 N–H and O–H groups in total. The summed E-state index contributed by atoms with van der Waals surface area (Å²) in [5.41, 5.74) is 0. The zero-order valence-electron chi connectivity index (χ0n) is 9.99. The lowest BCUT2D eigenvalue weighted by Crippen LogP contribution is -2.44. The second kappa shape index (κ2) is 6.97. The number of rotatable bonds is 6. The first-order valence-electron chi connectivity index (χ1n) is 6.17. The molecule has 1 aliphatic heterocycles. The van der Waals surface area contributed by atoms with Crippen LogP contribution in [0.5, 0.6) is 0 Å². The largest absolute Gasteiger partial charge is 0.214 e. The predicted octanol–water partition coefficient (Wildman–Crippen LogP) is 2.76. The van der Waals surface area contributed by atoms with E-state index in [1.54, 1.807) is 4.31 Å². The molecule has 0 aromatic rings. The molecular weight excluding hydrogens is 290 g/mol. The molecule has 1 atom stereocenters. The molecule has 5 heteroatoms. The lowest BCUT2D eigenvalue weighted by atomic mass is 10.0. The second-order valence-electron chi connectivity index (χ2n) is 4.41. The van der Waals surface area contributed by atoms with Crippen molar-refractivity contribution in [3.63, 3.8) is 0 Å². The molecule has 1 unspecified atom stereocenters. The van der Waals surface area contributed by atoms with Crippen molar-refractivity contribution in [1.29, 1.82) is 0 Å². The molecule has 1 fully saturated rings. The normalized spacial score (nSPS) is 23.5. The summed E-state index contributed by atoms with van der Waals surface area (Å²) in [4.78, 5) is 0. The predicted molar refractivity (Wildman–Crippen MR) is 71.5 cm³/mol. The quantitative estimate of drug-likeness (QED) is 0.707. The fraction of sp³-hybridized carbons (Fsp3) is 1.00. The van der Waals surface area contributed by atoms with Gasteiger partial charge in [-0.1, -0.05) is 35.7 Å². The van der Waals surface area contributed by atoms with Gasteiger partial charge in [0, 0.05) is 17.9 Å². The topological polar surface area (TPSA) is 37.4 Å². The maximum Gasteiger partial charge on any atom is 0.214 e. The fourth-order valence-electron chi connectivity index (χ4n) is 2.20. The van der Waals surface area contributed by atoms with Crippen LogP contribution >= 0.6 is 15.9 Å². The van der Waals surface area contributed by atoms with E-state index in [9.17, 15) is 8.42 Å². The van der Waals surface area contributed by atoms with Crippen LogP contribution in [-0.2, 0) is 10.0 Å². The van der Waals surface area contributed by atoms with Crippen molar-refractivity contribution in [1.82, 2.24) is 4.31 Å². The maximum atomic E-state index is 12.1. The molecule has 1 aliphatic rings. The lowest BCUT2D eigenvalue weighted by molar-refractivity contribution is 0.248. The molecule has 0 aliphatic carbocycles. The molecular formula is C11H22BrNO2S. The summed E-state index contributed by atoms with van der Waals surface area (Å²) in [5, 5.41) is 0.886. The molecule has 0 aromatic carbocycles. The number of sulfonamides is 1. The average Bonchev–Trinajstić information content (AvgIpc) is 2.27. The number of piperidine rings is 1. The van der Waals surface area contributed by atoms with E-state index in [4.69, 9.17) is 0 Å². The third-order valence-corrected chi connectivity index (χ3v) is 5.59. The highest BCUT2D eigenvalue weighted by Crippen LogP contribution is 2.24. The highest BCUT2D eigenvalue weighted by atomic mass is 79.9. The Morgan fingerprint density at radius 3 is 2.75 bits per heavy atom. The number of unbranched alkanes of at least 4 members (excludes halogenated alkanes) is 1. The van der Waals surface area contributed by atoms with Gasteiger partial charge in [0.2, 0.25) is 10.0 Å². The van der Waals surface area contributed by atoms with Crippen LogP contribution in [-0.4, -0.2) is 36.4 Å². The van der Waals surface area contributed by atoms with Crippen LogP contribution in [0.25, 0.3) is 0 Å². The molecule has 3 nitrogen and oxygen atoms in total. The fourth-order valence-corrected chi connectivity index (χ4v) is 4.69. The van der Waals surface area contributed by atoms with Crippen LogP contribution in [0.1, 0.15) is 45.4 Å². The minimum Gasteiger partial charge on any atom is -0.212 e. The van der Waals surface area contributed by atoms with E-state index in [1.165, 1.54) is 0 Å². The monoisotopic (exact) mass is 311 g/mol. The van der Waals surface area contributed by atoms with E-state index in [2.05, 4.69) is 15.9 Å². The highest BCUT2D eigenvalue weighted by Gasteiger charge is 2.30. The first-order valence-corrected chi connectivity index (χ1v) is 8.90. The summed E-state index contributed by atoms with van der Waals surface area (Å²) in [6.07, 6.45) is 5.86. The van der Waals surface area contributed by atoms with Gasteiger partial charge in [0.15, 0.2) is 0 Å². The SMILES string of the molecule is CCCCS(=O)(=O)N1CCCCC1CCBr. The van der Waals surface area contributed by atoms with Crippen molar-refractivity contribution in [2.24, 2.45) is 0 Å². The number of halogens is 1. The summed E-state index contributed by atoms with van der Waals surface area (Å²) in [7, 11) is -3.00. The van der Waals surface area contributed by atoms with Crippen molar-refractivity contribution < 1.29 is 8.42 Å². The van der Waals surface area contributed by atoms with Gasteiger partial charge in [-0.15, -0.1) is 0 Å². The van der Waals surface area contributed by atoms with Gasteiger partial charge in [-0.25, -0.2) is 8.42 Å². The van der Waals surface area contributed by atoms with Crippen LogP contribution in [0.3, 0.4) is 0 Å². The summed E-state index contributed by atoms with van der Waals surface area (Å²) in [5.74, 6) is 0.322. The molecule has 0 spiro atoms. The van der Waals surface area contributed by atoms with E-state index in [0.717, 1.165) is 50.4 Å². The molecule has 1 rings (SSSR count). The first-order chi connectivity index (χ1) is 7.61. The molecule has 0 bridgehead atoms. The Hall–Kier alpha value is 0.390. The van der Waals surface area contributed by atoms with E-state index in [0.29, 0.717) is 5.75 Å². The molecule has 1 heterocycles. The van der Waals surface area contributed by atoms with Gasteiger partial charge < -0.3 is 0 Å². The van der Waals surface area contributed by atoms with E-state index >= 15 is 0 Å². The molecule has 1 saturated heterocycles. The Morgan fingerprint density at radius 2 is 2.12 bits per heavy atom. The van der Waals surface area contributed by atoms with Gasteiger partial charge in [-0.05, 0) is 25.7 Å². The number of nitrogens with zero attached hydrogens (tertiary/aromatic N) is 1. The molecule has 0 aromatic heterocycles. The van der Waals surface area contributed by atoms with Crippen LogP contribution < -0.4 is 0 Å². The van der Waals surface area contributed by atoms with Gasteiger partial charge in [-0.3, -0.25) is 0 Å². The van der Waals surface area contributed by atoms with Crippen LogP contribution in [0, 0.1) is 0 Å².